The Balaban J connectivity index is 2.14. The van der Waals surface area contributed by atoms with E-state index >= 15 is 0 Å². The molecule has 0 aliphatic heterocycles. The third kappa shape index (κ3) is 4.94. The zero-order valence-electron chi connectivity index (χ0n) is 13.6. The van der Waals surface area contributed by atoms with Gasteiger partial charge in [0.25, 0.3) is 0 Å². The fraction of sp³-hybridized carbons (Fsp3) is 0.375. The second kappa shape index (κ2) is 6.86. The van der Waals surface area contributed by atoms with Crippen molar-refractivity contribution >= 4 is 11.7 Å². The van der Waals surface area contributed by atoms with Crippen LogP contribution in [-0.4, -0.2) is 28.0 Å². The van der Waals surface area contributed by atoms with Crippen molar-refractivity contribution in [1.82, 2.24) is 9.78 Å². The summed E-state index contributed by atoms with van der Waals surface area (Å²) in [6.07, 6.45) is 3.13. The number of nitrogens with zero attached hydrogens (tertiary/aromatic N) is 2. The number of hydrogen-bond acceptors (Lipinski definition) is 5. The van der Waals surface area contributed by atoms with Crippen LogP contribution in [0.1, 0.15) is 20.8 Å². The normalized spacial score (nSPS) is 11.6. The Hall–Kier alpha value is -2.64. The van der Waals surface area contributed by atoms with Crippen LogP contribution in [0, 0.1) is 0 Å². The summed E-state index contributed by atoms with van der Waals surface area (Å²) < 4.78 is 35.7. The van der Waals surface area contributed by atoms with E-state index in [0.29, 0.717) is 11.1 Å². The first kappa shape index (κ1) is 17.7. The van der Waals surface area contributed by atoms with Crippen LogP contribution >= 0.6 is 0 Å². The molecule has 1 aromatic heterocycles. The molecule has 0 atom stereocenters. The molecule has 0 fully saturated rings. The lowest BCUT2D eigenvalue weighted by Crippen LogP contribution is -2.26. The van der Waals surface area contributed by atoms with Crippen molar-refractivity contribution in [2.75, 3.05) is 5.73 Å². The number of carbonyl (C=O) groups is 1. The summed E-state index contributed by atoms with van der Waals surface area (Å²) in [5, 5.41) is 4.07. The van der Waals surface area contributed by atoms with Gasteiger partial charge in [-0.15, -0.1) is 0 Å². The van der Waals surface area contributed by atoms with E-state index in [-0.39, 0.29) is 18.0 Å². The summed E-state index contributed by atoms with van der Waals surface area (Å²) in [4.78, 5) is 11.8. The summed E-state index contributed by atoms with van der Waals surface area (Å²) in [6, 6.07) is 4.52. The molecular formula is C16H19F2N3O3. The van der Waals surface area contributed by atoms with Gasteiger partial charge in [0.1, 0.15) is 17.9 Å². The number of aromatic nitrogens is 2. The van der Waals surface area contributed by atoms with Gasteiger partial charge in [-0.3, -0.25) is 9.48 Å². The van der Waals surface area contributed by atoms with Gasteiger partial charge in [0.05, 0.1) is 11.9 Å². The van der Waals surface area contributed by atoms with Gasteiger partial charge in [-0.1, -0.05) is 6.07 Å². The monoisotopic (exact) mass is 339 g/mol. The second-order valence-corrected chi connectivity index (χ2v) is 6.14. The van der Waals surface area contributed by atoms with Crippen LogP contribution in [0.4, 0.5) is 14.5 Å². The fourth-order valence-electron chi connectivity index (χ4n) is 2.02. The number of nitrogen functional groups attached to an aromatic ring is 1. The number of ether oxygens (including phenoxy) is 2. The van der Waals surface area contributed by atoms with Gasteiger partial charge in [0.15, 0.2) is 0 Å². The highest BCUT2D eigenvalue weighted by molar-refractivity contribution is 5.71. The van der Waals surface area contributed by atoms with Gasteiger partial charge in [-0.05, 0) is 38.5 Å². The molecule has 0 spiro atoms. The number of anilines is 1. The Morgan fingerprint density at radius 3 is 2.67 bits per heavy atom. The zero-order valence-corrected chi connectivity index (χ0v) is 13.6. The third-order valence-corrected chi connectivity index (χ3v) is 2.91. The first-order valence-electron chi connectivity index (χ1n) is 7.23. The number of carbonyl (C=O) groups excluding carboxylic acids is 1. The molecule has 2 N–H and O–H groups in total. The van der Waals surface area contributed by atoms with E-state index in [0.717, 1.165) is 0 Å². The minimum atomic E-state index is -2.96. The average molecular weight is 339 g/mol. The molecule has 130 valence electrons. The van der Waals surface area contributed by atoms with Gasteiger partial charge in [0, 0.05) is 11.8 Å². The number of benzene rings is 1. The summed E-state index contributed by atoms with van der Waals surface area (Å²) >= 11 is 0. The minimum absolute atomic E-state index is 0.0490. The van der Waals surface area contributed by atoms with Crippen molar-refractivity contribution in [3.05, 3.63) is 30.6 Å². The molecular weight excluding hydrogens is 320 g/mol. The number of hydrogen-bond donors (Lipinski definition) is 1. The van der Waals surface area contributed by atoms with E-state index in [1.54, 1.807) is 33.0 Å². The number of alkyl halides is 2. The molecule has 0 bridgehead atoms. The lowest BCUT2D eigenvalue weighted by Gasteiger charge is -2.19. The van der Waals surface area contributed by atoms with E-state index in [2.05, 4.69) is 9.84 Å². The highest BCUT2D eigenvalue weighted by Gasteiger charge is 2.17. The summed E-state index contributed by atoms with van der Waals surface area (Å²) in [5.41, 5.74) is 6.37. The maximum atomic E-state index is 12.4. The van der Waals surface area contributed by atoms with Crippen LogP contribution in [0.3, 0.4) is 0 Å². The van der Waals surface area contributed by atoms with Gasteiger partial charge in [-0.25, -0.2) is 0 Å². The molecule has 0 saturated carbocycles. The quantitative estimate of drug-likeness (QED) is 0.669. The molecule has 0 saturated heterocycles. The first-order valence-corrected chi connectivity index (χ1v) is 7.23. The van der Waals surface area contributed by atoms with Crippen molar-refractivity contribution in [1.29, 1.82) is 0 Å². The third-order valence-electron chi connectivity index (χ3n) is 2.91. The maximum Gasteiger partial charge on any atom is 0.387 e. The Kier molecular flexibility index (Phi) is 5.06. The molecule has 2 aromatic rings. The van der Waals surface area contributed by atoms with Crippen molar-refractivity contribution in [2.24, 2.45) is 0 Å². The van der Waals surface area contributed by atoms with E-state index < -0.39 is 18.2 Å². The number of halogens is 2. The number of esters is 1. The SMILES string of the molecule is CC(C)(C)OC(=O)Cn1cc(-c2ccc(N)c(OC(F)F)c2)cn1. The Morgan fingerprint density at radius 2 is 2.04 bits per heavy atom. The van der Waals surface area contributed by atoms with E-state index in [9.17, 15) is 13.6 Å². The molecule has 1 heterocycles. The number of nitrogens with two attached hydrogens (primary N) is 1. The van der Waals surface area contributed by atoms with Crippen LogP contribution in [0.5, 0.6) is 5.75 Å². The van der Waals surface area contributed by atoms with Gasteiger partial charge >= 0.3 is 12.6 Å². The Morgan fingerprint density at radius 1 is 1.33 bits per heavy atom. The summed E-state index contributed by atoms with van der Waals surface area (Å²) in [7, 11) is 0. The van der Waals surface area contributed by atoms with E-state index in [1.165, 1.54) is 23.0 Å². The molecule has 2 rings (SSSR count). The standard InChI is InChI=1S/C16H19F2N3O3/c1-16(2,3)24-14(22)9-21-8-11(7-20-21)10-4-5-12(19)13(6-10)23-15(17)18/h4-8,15H,9,19H2,1-3H3. The first-order chi connectivity index (χ1) is 11.1. The van der Waals surface area contributed by atoms with Crippen molar-refractivity contribution in [3.8, 4) is 16.9 Å². The second-order valence-electron chi connectivity index (χ2n) is 6.14. The molecule has 6 nitrogen and oxygen atoms in total. The van der Waals surface area contributed by atoms with Gasteiger partial charge in [0.2, 0.25) is 0 Å². The number of rotatable bonds is 5. The lowest BCUT2D eigenvalue weighted by atomic mass is 10.1. The lowest BCUT2D eigenvalue weighted by molar-refractivity contribution is -0.155. The zero-order chi connectivity index (χ0) is 17.9. The van der Waals surface area contributed by atoms with E-state index in [1.807, 2.05) is 0 Å². The molecule has 1 aromatic carbocycles. The minimum Gasteiger partial charge on any atom is -0.459 e. The van der Waals surface area contributed by atoms with E-state index in [4.69, 9.17) is 10.5 Å². The van der Waals surface area contributed by atoms with Crippen molar-refractivity contribution in [3.63, 3.8) is 0 Å². The van der Waals surface area contributed by atoms with Crippen LogP contribution in [0.25, 0.3) is 11.1 Å². The Bertz CT molecular complexity index is 724. The van der Waals surface area contributed by atoms with Crippen LogP contribution < -0.4 is 10.5 Å². The van der Waals surface area contributed by atoms with Crippen LogP contribution in [0.15, 0.2) is 30.6 Å². The van der Waals surface area contributed by atoms with Crippen molar-refractivity contribution in [2.45, 2.75) is 39.5 Å². The summed E-state index contributed by atoms with van der Waals surface area (Å²) in [5.74, 6) is -0.529. The average Bonchev–Trinajstić information content (AvgIpc) is 2.86. The predicted molar refractivity (Wildman–Crippen MR) is 84.6 cm³/mol. The molecule has 0 unspecified atom stereocenters. The highest BCUT2D eigenvalue weighted by Crippen LogP contribution is 2.29. The highest BCUT2D eigenvalue weighted by atomic mass is 19.3. The smallest absolute Gasteiger partial charge is 0.387 e. The molecule has 0 aliphatic carbocycles. The molecule has 0 amide bonds. The molecule has 8 heteroatoms. The van der Waals surface area contributed by atoms with Crippen LogP contribution in [-0.2, 0) is 16.1 Å². The molecule has 24 heavy (non-hydrogen) atoms. The molecule has 0 aliphatic rings. The van der Waals surface area contributed by atoms with Crippen molar-refractivity contribution < 1.29 is 23.0 Å². The topological polar surface area (TPSA) is 79.4 Å². The maximum absolute atomic E-state index is 12.4. The largest absolute Gasteiger partial charge is 0.459 e. The Labute approximate surface area is 138 Å². The molecule has 0 radical (unpaired) electrons. The fourth-order valence-corrected chi connectivity index (χ4v) is 2.02. The van der Waals surface area contributed by atoms with Crippen LogP contribution in [0.2, 0.25) is 0 Å². The summed E-state index contributed by atoms with van der Waals surface area (Å²) in [6.45, 7) is 2.32. The van der Waals surface area contributed by atoms with Gasteiger partial charge in [-0.2, -0.15) is 13.9 Å². The van der Waals surface area contributed by atoms with Gasteiger partial charge < -0.3 is 15.2 Å². The predicted octanol–water partition coefficient (Wildman–Crippen LogP) is 3.08.